The summed E-state index contributed by atoms with van der Waals surface area (Å²) in [5.41, 5.74) is 0.416. The van der Waals surface area contributed by atoms with E-state index in [1.54, 1.807) is 6.92 Å². The van der Waals surface area contributed by atoms with Crippen LogP contribution in [0.4, 0.5) is 0 Å². The van der Waals surface area contributed by atoms with Crippen molar-refractivity contribution in [3.63, 3.8) is 0 Å². The Bertz CT molecular complexity index is 311. The smallest absolute Gasteiger partial charge is 0.222 e. The van der Waals surface area contributed by atoms with Crippen LogP contribution in [0.2, 0.25) is 0 Å². The Labute approximate surface area is 70.0 Å². The molecule has 0 aliphatic carbocycles. The van der Waals surface area contributed by atoms with Crippen molar-refractivity contribution < 1.29 is 19.7 Å². The van der Waals surface area contributed by atoms with Gasteiger partial charge in [-0.25, -0.2) is 0 Å². The van der Waals surface area contributed by atoms with Crippen LogP contribution in [0.1, 0.15) is 5.56 Å². The van der Waals surface area contributed by atoms with E-state index in [-0.39, 0.29) is 16.8 Å². The van der Waals surface area contributed by atoms with Gasteiger partial charge < -0.3 is 15.1 Å². The fourth-order valence-corrected chi connectivity index (χ4v) is 1.73. The third-order valence-corrected chi connectivity index (χ3v) is 2.59. The molecule has 0 heterocycles. The molecule has 4 nitrogen and oxygen atoms in total. The van der Waals surface area contributed by atoms with Gasteiger partial charge in [-0.1, -0.05) is 0 Å². The topological polar surface area (TPSA) is 77.8 Å². The first-order valence-corrected chi connectivity index (χ1v) is 4.64. The predicted molar refractivity (Wildman–Crippen MR) is 45.4 cm³/mol. The quantitative estimate of drug-likeness (QED) is 0.561. The lowest BCUT2D eigenvalue weighted by Gasteiger charge is -2.04. The lowest BCUT2D eigenvalue weighted by molar-refractivity contribution is 0.451. The van der Waals surface area contributed by atoms with Crippen molar-refractivity contribution in [3.05, 3.63) is 17.7 Å². The average Bonchev–Trinajstić information content (AvgIpc) is 1.82. The summed E-state index contributed by atoms with van der Waals surface area (Å²) in [6, 6.07) is 2.37. The molecule has 0 spiro atoms. The van der Waals surface area contributed by atoms with Crippen LogP contribution in [-0.2, 0) is 4.57 Å². The van der Waals surface area contributed by atoms with Gasteiger partial charge in [0.15, 0.2) is 0 Å². The molecular formula is C7H9O4P. The zero-order valence-corrected chi connectivity index (χ0v) is 7.40. The van der Waals surface area contributed by atoms with Gasteiger partial charge in [-0.15, -0.1) is 0 Å². The van der Waals surface area contributed by atoms with Crippen LogP contribution in [0.5, 0.6) is 11.5 Å². The van der Waals surface area contributed by atoms with E-state index in [4.69, 9.17) is 15.1 Å². The van der Waals surface area contributed by atoms with Gasteiger partial charge in [0.05, 0.1) is 5.30 Å². The van der Waals surface area contributed by atoms with Crippen LogP contribution in [0, 0.1) is 6.92 Å². The number of phenolic OH excluding ortho intramolecular Hbond substituents is 2. The minimum absolute atomic E-state index is 0.0119. The second-order valence-corrected chi connectivity index (χ2v) is 3.57. The molecule has 0 radical (unpaired) electrons. The van der Waals surface area contributed by atoms with Crippen LogP contribution in [0.3, 0.4) is 0 Å². The SMILES string of the molecule is Cc1cc(O)cc(O)c1[PH](=O)O. The summed E-state index contributed by atoms with van der Waals surface area (Å²) in [6.07, 6.45) is 0. The second kappa shape index (κ2) is 3.17. The first-order chi connectivity index (χ1) is 5.52. The summed E-state index contributed by atoms with van der Waals surface area (Å²) in [7, 11) is -2.90. The fraction of sp³-hybridized carbons (Fsp3) is 0.143. The minimum atomic E-state index is -2.90. The maximum absolute atomic E-state index is 10.7. The summed E-state index contributed by atoms with van der Waals surface area (Å²) in [4.78, 5) is 8.78. The fourth-order valence-electron chi connectivity index (χ4n) is 1.03. The highest BCUT2D eigenvalue weighted by Crippen LogP contribution is 2.27. The van der Waals surface area contributed by atoms with Gasteiger partial charge in [0, 0.05) is 6.07 Å². The summed E-state index contributed by atoms with van der Waals surface area (Å²) in [5.74, 6) is -0.448. The first-order valence-electron chi connectivity index (χ1n) is 3.28. The van der Waals surface area contributed by atoms with Gasteiger partial charge >= 0.3 is 0 Å². The van der Waals surface area contributed by atoms with Gasteiger partial charge in [0.1, 0.15) is 11.5 Å². The highest BCUT2D eigenvalue weighted by Gasteiger charge is 2.10. The van der Waals surface area contributed by atoms with Crippen LogP contribution in [-0.4, -0.2) is 15.1 Å². The molecule has 0 aliphatic heterocycles. The monoisotopic (exact) mass is 188 g/mol. The molecular weight excluding hydrogens is 179 g/mol. The number of hydrogen-bond donors (Lipinski definition) is 3. The van der Waals surface area contributed by atoms with Crippen LogP contribution >= 0.6 is 8.03 Å². The molecule has 0 aliphatic rings. The molecule has 0 saturated carbocycles. The average molecular weight is 188 g/mol. The van der Waals surface area contributed by atoms with E-state index in [0.717, 1.165) is 6.07 Å². The highest BCUT2D eigenvalue weighted by molar-refractivity contribution is 7.47. The van der Waals surface area contributed by atoms with Crippen molar-refractivity contribution in [2.45, 2.75) is 6.92 Å². The molecule has 0 bridgehead atoms. The van der Waals surface area contributed by atoms with Crippen LogP contribution in [0.15, 0.2) is 12.1 Å². The number of hydrogen-bond acceptors (Lipinski definition) is 3. The van der Waals surface area contributed by atoms with E-state index < -0.39 is 8.03 Å². The van der Waals surface area contributed by atoms with Crippen molar-refractivity contribution >= 4 is 13.3 Å². The van der Waals surface area contributed by atoms with E-state index in [1.165, 1.54) is 6.07 Å². The minimum Gasteiger partial charge on any atom is -0.508 e. The number of phenols is 2. The third-order valence-electron chi connectivity index (χ3n) is 1.51. The number of aromatic hydroxyl groups is 2. The van der Waals surface area contributed by atoms with E-state index in [0.29, 0.717) is 5.56 Å². The van der Waals surface area contributed by atoms with Crippen molar-refractivity contribution in [1.29, 1.82) is 0 Å². The Morgan fingerprint density at radius 1 is 1.33 bits per heavy atom. The molecule has 0 amide bonds. The Hall–Kier alpha value is -0.990. The summed E-state index contributed by atoms with van der Waals surface area (Å²) >= 11 is 0. The standard InChI is InChI=1S/C7H9O4P/c1-4-2-5(8)3-6(9)7(4)12(10)11/h2-3,8-9,12H,1H3,(H,10,11). The Morgan fingerprint density at radius 3 is 2.33 bits per heavy atom. The summed E-state index contributed by atoms with van der Waals surface area (Å²) in [6.45, 7) is 1.55. The maximum Gasteiger partial charge on any atom is 0.222 e. The number of aryl methyl sites for hydroxylation is 1. The van der Waals surface area contributed by atoms with E-state index in [2.05, 4.69) is 0 Å². The summed E-state index contributed by atoms with van der Waals surface area (Å²) < 4.78 is 10.7. The molecule has 1 aromatic carbocycles. The van der Waals surface area contributed by atoms with Gasteiger partial charge in [-0.05, 0) is 18.6 Å². The Morgan fingerprint density at radius 2 is 1.92 bits per heavy atom. The number of rotatable bonds is 1. The number of benzene rings is 1. The molecule has 0 saturated heterocycles. The van der Waals surface area contributed by atoms with Gasteiger partial charge in [0.2, 0.25) is 8.03 Å². The third kappa shape index (κ3) is 1.60. The van der Waals surface area contributed by atoms with E-state index >= 15 is 0 Å². The van der Waals surface area contributed by atoms with Crippen molar-refractivity contribution in [3.8, 4) is 11.5 Å². The van der Waals surface area contributed by atoms with Gasteiger partial charge in [-0.2, -0.15) is 0 Å². The Balaban J connectivity index is 3.38. The second-order valence-electron chi connectivity index (χ2n) is 2.46. The molecule has 0 fully saturated rings. The van der Waals surface area contributed by atoms with Gasteiger partial charge in [0.25, 0.3) is 0 Å². The van der Waals surface area contributed by atoms with Crippen molar-refractivity contribution in [1.82, 2.24) is 0 Å². The molecule has 1 aromatic rings. The lowest BCUT2D eigenvalue weighted by atomic mass is 10.2. The zero-order chi connectivity index (χ0) is 9.30. The molecule has 66 valence electrons. The maximum atomic E-state index is 10.7. The zero-order valence-electron chi connectivity index (χ0n) is 6.40. The first kappa shape index (κ1) is 9.10. The molecule has 1 atom stereocenters. The normalized spacial score (nSPS) is 12.8. The molecule has 5 heteroatoms. The van der Waals surface area contributed by atoms with Crippen molar-refractivity contribution in [2.75, 3.05) is 0 Å². The van der Waals surface area contributed by atoms with Gasteiger partial charge in [-0.3, -0.25) is 4.57 Å². The lowest BCUT2D eigenvalue weighted by Crippen LogP contribution is -2.01. The predicted octanol–water partition coefficient (Wildman–Crippen LogP) is 0.499. The van der Waals surface area contributed by atoms with E-state index in [1.807, 2.05) is 0 Å². The molecule has 1 rings (SSSR count). The Kier molecular flexibility index (Phi) is 2.40. The molecule has 1 unspecified atom stereocenters. The van der Waals surface area contributed by atoms with Crippen LogP contribution < -0.4 is 5.30 Å². The van der Waals surface area contributed by atoms with E-state index in [9.17, 15) is 4.57 Å². The molecule has 12 heavy (non-hydrogen) atoms. The molecule has 0 aromatic heterocycles. The molecule has 3 N–H and O–H groups in total. The van der Waals surface area contributed by atoms with Crippen molar-refractivity contribution in [2.24, 2.45) is 0 Å². The highest BCUT2D eigenvalue weighted by atomic mass is 31.1. The largest absolute Gasteiger partial charge is 0.508 e. The van der Waals surface area contributed by atoms with Crippen LogP contribution in [0.25, 0.3) is 0 Å². The summed E-state index contributed by atoms with van der Waals surface area (Å²) in [5, 5.41) is 18.1.